The molecule has 8 heteroatoms. The van der Waals surface area contributed by atoms with Crippen LogP contribution in [0.25, 0.3) is 0 Å². The zero-order valence-electron chi connectivity index (χ0n) is 14.9. The molecule has 8 nitrogen and oxygen atoms in total. The van der Waals surface area contributed by atoms with Gasteiger partial charge in [-0.25, -0.2) is 0 Å². The molecule has 1 N–H and O–H groups in total. The highest BCUT2D eigenvalue weighted by Gasteiger charge is 2.29. The van der Waals surface area contributed by atoms with Crippen molar-refractivity contribution >= 4 is 5.91 Å². The first-order valence-electron chi connectivity index (χ1n) is 8.63. The van der Waals surface area contributed by atoms with E-state index in [9.17, 15) is 4.79 Å². The van der Waals surface area contributed by atoms with Crippen molar-refractivity contribution in [1.82, 2.24) is 25.3 Å². The Hall–Kier alpha value is -2.19. The fourth-order valence-electron chi connectivity index (χ4n) is 3.05. The molecule has 1 aliphatic heterocycles. The Morgan fingerprint density at radius 1 is 1.28 bits per heavy atom. The van der Waals surface area contributed by atoms with Gasteiger partial charge in [0.1, 0.15) is 5.76 Å². The Morgan fingerprint density at radius 2 is 2.00 bits per heavy atom. The molecule has 0 bridgehead atoms. The number of hydrogen-bond donors (Lipinski definition) is 1. The van der Waals surface area contributed by atoms with E-state index in [-0.39, 0.29) is 18.0 Å². The molecule has 0 aromatic carbocycles. The van der Waals surface area contributed by atoms with E-state index in [4.69, 9.17) is 8.94 Å². The second kappa shape index (κ2) is 7.79. The number of rotatable bonds is 6. The van der Waals surface area contributed by atoms with Crippen LogP contribution in [0.5, 0.6) is 0 Å². The van der Waals surface area contributed by atoms with Crippen molar-refractivity contribution in [2.45, 2.75) is 39.4 Å². The maximum atomic E-state index is 12.3. The fraction of sp³-hybridized carbons (Fsp3) is 0.588. The third kappa shape index (κ3) is 4.26. The topological polar surface area (TPSA) is 87.6 Å². The Kier molecular flexibility index (Phi) is 5.50. The van der Waals surface area contributed by atoms with E-state index in [2.05, 4.69) is 32.2 Å². The first-order valence-corrected chi connectivity index (χ1v) is 8.63. The van der Waals surface area contributed by atoms with Gasteiger partial charge >= 0.3 is 0 Å². The minimum atomic E-state index is -0.168. The van der Waals surface area contributed by atoms with Crippen LogP contribution in [0.3, 0.4) is 0 Å². The largest absolute Gasteiger partial charge is 0.467 e. The van der Waals surface area contributed by atoms with Crippen LogP contribution in [0.1, 0.15) is 37.4 Å². The molecule has 0 spiro atoms. The van der Waals surface area contributed by atoms with E-state index in [1.54, 1.807) is 6.26 Å². The standard InChI is InChI=1S/C17H25N5O3/c1-12(16(23)18-11-15-5-4-10-24-15)21-6-8-22(9-7-21)13(2)17-19-14(3)20-25-17/h4-5,10,12-13H,6-9,11H2,1-3H3,(H,18,23)/t12-,13+/m1/s1. The predicted molar refractivity (Wildman–Crippen MR) is 90.6 cm³/mol. The molecule has 2 aromatic heterocycles. The molecule has 3 heterocycles. The monoisotopic (exact) mass is 347 g/mol. The summed E-state index contributed by atoms with van der Waals surface area (Å²) in [6, 6.07) is 3.59. The normalized spacial score (nSPS) is 18.8. The van der Waals surface area contributed by atoms with Crippen molar-refractivity contribution in [2.24, 2.45) is 0 Å². The highest BCUT2D eigenvalue weighted by Crippen LogP contribution is 2.20. The van der Waals surface area contributed by atoms with Gasteiger partial charge < -0.3 is 14.3 Å². The molecule has 1 saturated heterocycles. The molecule has 1 aliphatic rings. The summed E-state index contributed by atoms with van der Waals surface area (Å²) in [6.07, 6.45) is 1.61. The average molecular weight is 347 g/mol. The van der Waals surface area contributed by atoms with Crippen molar-refractivity contribution in [3.05, 3.63) is 35.9 Å². The van der Waals surface area contributed by atoms with Crippen molar-refractivity contribution in [2.75, 3.05) is 26.2 Å². The van der Waals surface area contributed by atoms with Gasteiger partial charge in [0.15, 0.2) is 5.82 Å². The quantitative estimate of drug-likeness (QED) is 0.844. The summed E-state index contributed by atoms with van der Waals surface area (Å²) in [7, 11) is 0. The number of aryl methyl sites for hydroxylation is 1. The fourth-order valence-corrected chi connectivity index (χ4v) is 3.05. The molecule has 2 aromatic rings. The lowest BCUT2D eigenvalue weighted by molar-refractivity contribution is -0.127. The van der Waals surface area contributed by atoms with E-state index in [1.807, 2.05) is 26.0 Å². The smallest absolute Gasteiger partial charge is 0.243 e. The van der Waals surface area contributed by atoms with Crippen LogP contribution in [0.2, 0.25) is 0 Å². The number of nitrogens with one attached hydrogen (secondary N) is 1. The molecular weight excluding hydrogens is 322 g/mol. The van der Waals surface area contributed by atoms with Gasteiger partial charge in [0.2, 0.25) is 11.8 Å². The highest BCUT2D eigenvalue weighted by atomic mass is 16.5. The Labute approximate surface area is 147 Å². The van der Waals surface area contributed by atoms with Crippen LogP contribution in [-0.2, 0) is 11.3 Å². The number of amides is 1. The first-order chi connectivity index (χ1) is 12.0. The summed E-state index contributed by atoms with van der Waals surface area (Å²) in [4.78, 5) is 21.1. The summed E-state index contributed by atoms with van der Waals surface area (Å²) >= 11 is 0. The van der Waals surface area contributed by atoms with Crippen LogP contribution in [0, 0.1) is 6.92 Å². The number of furan rings is 1. The molecule has 3 rings (SSSR count). The maximum Gasteiger partial charge on any atom is 0.243 e. The van der Waals surface area contributed by atoms with Crippen LogP contribution in [0.4, 0.5) is 0 Å². The first kappa shape index (κ1) is 17.6. The molecule has 0 radical (unpaired) electrons. The number of nitrogens with zero attached hydrogens (tertiary/aromatic N) is 4. The maximum absolute atomic E-state index is 12.3. The van der Waals surface area contributed by atoms with E-state index in [1.165, 1.54) is 0 Å². The number of carbonyl (C=O) groups is 1. The predicted octanol–water partition coefficient (Wildman–Crippen LogP) is 1.35. The lowest BCUT2D eigenvalue weighted by Gasteiger charge is -2.39. The van der Waals surface area contributed by atoms with Crippen molar-refractivity contribution in [1.29, 1.82) is 0 Å². The van der Waals surface area contributed by atoms with Crippen molar-refractivity contribution < 1.29 is 13.7 Å². The third-order valence-corrected chi connectivity index (χ3v) is 4.74. The van der Waals surface area contributed by atoms with Crippen LogP contribution < -0.4 is 5.32 Å². The minimum Gasteiger partial charge on any atom is -0.467 e. The lowest BCUT2D eigenvalue weighted by atomic mass is 10.2. The number of piperazine rings is 1. The molecule has 0 saturated carbocycles. The molecule has 0 aliphatic carbocycles. The van der Waals surface area contributed by atoms with Gasteiger partial charge in [-0.2, -0.15) is 4.98 Å². The summed E-state index contributed by atoms with van der Waals surface area (Å²) < 4.78 is 10.5. The molecule has 25 heavy (non-hydrogen) atoms. The molecule has 2 atom stereocenters. The Bertz CT molecular complexity index is 676. The van der Waals surface area contributed by atoms with E-state index in [0.717, 1.165) is 31.9 Å². The summed E-state index contributed by atoms with van der Waals surface area (Å²) in [6.45, 7) is 9.63. The summed E-state index contributed by atoms with van der Waals surface area (Å²) in [5, 5.41) is 6.78. The summed E-state index contributed by atoms with van der Waals surface area (Å²) in [5.74, 6) is 2.08. The zero-order valence-corrected chi connectivity index (χ0v) is 14.9. The van der Waals surface area contributed by atoms with Gasteiger partial charge in [-0.15, -0.1) is 0 Å². The van der Waals surface area contributed by atoms with Gasteiger partial charge in [-0.1, -0.05) is 5.16 Å². The molecule has 0 unspecified atom stereocenters. The highest BCUT2D eigenvalue weighted by molar-refractivity contribution is 5.81. The van der Waals surface area contributed by atoms with Crippen molar-refractivity contribution in [3.63, 3.8) is 0 Å². The third-order valence-electron chi connectivity index (χ3n) is 4.74. The lowest BCUT2D eigenvalue weighted by Crippen LogP contribution is -2.54. The molecule has 1 amide bonds. The van der Waals surface area contributed by atoms with Crippen molar-refractivity contribution in [3.8, 4) is 0 Å². The number of aromatic nitrogens is 2. The molecule has 136 valence electrons. The van der Waals surface area contributed by atoms with E-state index < -0.39 is 0 Å². The molecular formula is C17H25N5O3. The summed E-state index contributed by atoms with van der Waals surface area (Å²) in [5.41, 5.74) is 0. The minimum absolute atomic E-state index is 0.0189. The van der Waals surface area contributed by atoms with Gasteiger partial charge in [-0.3, -0.25) is 14.6 Å². The van der Waals surface area contributed by atoms with Gasteiger partial charge in [-0.05, 0) is 32.9 Å². The van der Waals surface area contributed by atoms with Crippen LogP contribution in [-0.4, -0.2) is 58.1 Å². The second-order valence-electron chi connectivity index (χ2n) is 6.40. The SMILES string of the molecule is Cc1noc([C@H](C)N2CCN([C@H](C)C(=O)NCc3ccco3)CC2)n1. The number of carbonyl (C=O) groups excluding carboxylic acids is 1. The Morgan fingerprint density at radius 3 is 2.60 bits per heavy atom. The van der Waals surface area contributed by atoms with Gasteiger partial charge in [0, 0.05) is 26.2 Å². The zero-order chi connectivity index (χ0) is 17.8. The Balaban J connectivity index is 1.46. The molecule has 1 fully saturated rings. The van der Waals surface area contributed by atoms with Crippen LogP contribution >= 0.6 is 0 Å². The van der Waals surface area contributed by atoms with E-state index >= 15 is 0 Å². The van der Waals surface area contributed by atoms with Crippen LogP contribution in [0.15, 0.2) is 27.3 Å². The second-order valence-corrected chi connectivity index (χ2v) is 6.40. The average Bonchev–Trinajstić information content (AvgIpc) is 3.30. The van der Waals surface area contributed by atoms with Gasteiger partial charge in [0.05, 0.1) is 24.9 Å². The van der Waals surface area contributed by atoms with E-state index in [0.29, 0.717) is 18.3 Å². The van der Waals surface area contributed by atoms with Gasteiger partial charge in [0.25, 0.3) is 0 Å². The number of hydrogen-bond acceptors (Lipinski definition) is 7.